The molecule has 0 aromatic carbocycles. The van der Waals surface area contributed by atoms with Crippen LogP contribution >= 0.6 is 0 Å². The van der Waals surface area contributed by atoms with E-state index in [0.717, 1.165) is 11.3 Å². The van der Waals surface area contributed by atoms with Crippen LogP contribution in [0.15, 0.2) is 12.1 Å². The van der Waals surface area contributed by atoms with Gasteiger partial charge in [0.1, 0.15) is 11.4 Å². The first kappa shape index (κ1) is 15.4. The van der Waals surface area contributed by atoms with Crippen molar-refractivity contribution < 1.29 is 14.6 Å². The predicted molar refractivity (Wildman–Crippen MR) is 74.2 cm³/mol. The molecule has 0 aliphatic carbocycles. The molecule has 19 heavy (non-hydrogen) atoms. The van der Waals surface area contributed by atoms with E-state index in [4.69, 9.17) is 4.74 Å². The van der Waals surface area contributed by atoms with E-state index in [0.29, 0.717) is 12.2 Å². The molecule has 0 spiro atoms. The van der Waals surface area contributed by atoms with Crippen LogP contribution in [-0.2, 0) is 11.2 Å². The van der Waals surface area contributed by atoms with E-state index in [2.05, 4.69) is 10.3 Å². The molecular weight excluding hydrogens is 244 g/mol. The number of rotatable bonds is 3. The van der Waals surface area contributed by atoms with Gasteiger partial charge in [0.25, 0.3) is 0 Å². The zero-order valence-electron chi connectivity index (χ0n) is 12.2. The van der Waals surface area contributed by atoms with Crippen LogP contribution in [0.4, 0.5) is 10.6 Å². The number of anilines is 1. The van der Waals surface area contributed by atoms with Crippen molar-refractivity contribution in [1.29, 1.82) is 0 Å². The molecule has 106 valence electrons. The van der Waals surface area contributed by atoms with Gasteiger partial charge in [0.15, 0.2) is 0 Å². The van der Waals surface area contributed by atoms with Gasteiger partial charge >= 0.3 is 6.09 Å². The summed E-state index contributed by atoms with van der Waals surface area (Å²) < 4.78 is 5.16. The largest absolute Gasteiger partial charge is 0.444 e. The maximum Gasteiger partial charge on any atom is 0.413 e. The first-order valence-electron chi connectivity index (χ1n) is 6.31. The van der Waals surface area contributed by atoms with Crippen LogP contribution in [-0.4, -0.2) is 27.9 Å². The molecule has 0 saturated carbocycles. The number of hydrogen-bond acceptors (Lipinski definition) is 4. The first-order chi connectivity index (χ1) is 8.65. The van der Waals surface area contributed by atoms with Crippen LogP contribution < -0.4 is 5.32 Å². The summed E-state index contributed by atoms with van der Waals surface area (Å²) in [7, 11) is 0. The molecule has 0 saturated heterocycles. The fourth-order valence-corrected chi connectivity index (χ4v) is 1.62. The molecule has 1 amide bonds. The van der Waals surface area contributed by atoms with Crippen LogP contribution in [0.5, 0.6) is 0 Å². The second-order valence-electron chi connectivity index (χ2n) is 5.70. The van der Waals surface area contributed by atoms with Crippen molar-refractivity contribution in [3.8, 4) is 0 Å². The summed E-state index contributed by atoms with van der Waals surface area (Å²) >= 11 is 0. The SMILES string of the molecule is Cc1cc(CC(C)O)nc(NC(=O)OC(C)(C)C)c1. The fraction of sp³-hybridized carbons (Fsp3) is 0.571. The molecule has 5 heteroatoms. The smallest absolute Gasteiger partial charge is 0.413 e. The summed E-state index contributed by atoms with van der Waals surface area (Å²) in [5.41, 5.74) is 1.16. The maximum absolute atomic E-state index is 11.7. The second kappa shape index (κ2) is 6.02. The van der Waals surface area contributed by atoms with E-state index in [9.17, 15) is 9.90 Å². The predicted octanol–water partition coefficient (Wildman–Crippen LogP) is 2.66. The van der Waals surface area contributed by atoms with Crippen molar-refractivity contribution in [3.63, 3.8) is 0 Å². The zero-order chi connectivity index (χ0) is 14.6. The van der Waals surface area contributed by atoms with Gasteiger partial charge in [-0.1, -0.05) is 0 Å². The molecule has 1 rings (SSSR count). The second-order valence-corrected chi connectivity index (χ2v) is 5.70. The number of amides is 1. The third-order valence-electron chi connectivity index (χ3n) is 2.16. The van der Waals surface area contributed by atoms with E-state index in [1.807, 2.05) is 13.0 Å². The average Bonchev–Trinajstić information content (AvgIpc) is 2.10. The Labute approximate surface area is 114 Å². The lowest BCUT2D eigenvalue weighted by Crippen LogP contribution is -2.27. The van der Waals surface area contributed by atoms with Crippen molar-refractivity contribution in [2.24, 2.45) is 0 Å². The molecule has 2 N–H and O–H groups in total. The molecule has 5 nitrogen and oxygen atoms in total. The standard InChI is InChI=1S/C14H22N2O3/c1-9-6-11(8-10(2)17)15-12(7-9)16-13(18)19-14(3,4)5/h6-7,10,17H,8H2,1-5H3,(H,15,16,18). The van der Waals surface area contributed by atoms with Gasteiger partial charge in [0, 0.05) is 12.1 Å². The highest BCUT2D eigenvalue weighted by Gasteiger charge is 2.16. The van der Waals surface area contributed by atoms with Crippen LogP contribution in [0.1, 0.15) is 39.0 Å². The lowest BCUT2D eigenvalue weighted by molar-refractivity contribution is 0.0635. The van der Waals surface area contributed by atoms with Gasteiger partial charge in [0.05, 0.1) is 6.10 Å². The number of nitrogens with zero attached hydrogens (tertiary/aromatic N) is 1. The van der Waals surface area contributed by atoms with Crippen molar-refractivity contribution in [3.05, 3.63) is 23.4 Å². The zero-order valence-corrected chi connectivity index (χ0v) is 12.2. The summed E-state index contributed by atoms with van der Waals surface area (Å²) in [6.45, 7) is 9.01. The van der Waals surface area contributed by atoms with Gasteiger partial charge in [-0.3, -0.25) is 5.32 Å². The summed E-state index contributed by atoms with van der Waals surface area (Å²) in [5.74, 6) is 0.435. The number of pyridine rings is 1. The third-order valence-corrected chi connectivity index (χ3v) is 2.16. The fourth-order valence-electron chi connectivity index (χ4n) is 1.62. The molecule has 1 unspecified atom stereocenters. The number of aromatic nitrogens is 1. The van der Waals surface area contributed by atoms with E-state index < -0.39 is 17.8 Å². The van der Waals surface area contributed by atoms with Crippen molar-refractivity contribution in [1.82, 2.24) is 4.98 Å². The van der Waals surface area contributed by atoms with E-state index in [1.54, 1.807) is 33.8 Å². The summed E-state index contributed by atoms with van der Waals surface area (Å²) in [6, 6.07) is 3.64. The molecule has 0 aliphatic rings. The molecule has 0 fully saturated rings. The van der Waals surface area contributed by atoms with Gasteiger partial charge < -0.3 is 9.84 Å². The monoisotopic (exact) mass is 266 g/mol. The Morgan fingerprint density at radius 1 is 1.47 bits per heavy atom. The van der Waals surface area contributed by atoms with Gasteiger partial charge in [-0.05, 0) is 52.3 Å². The highest BCUT2D eigenvalue weighted by atomic mass is 16.6. The summed E-state index contributed by atoms with van der Waals surface area (Å²) in [5, 5.41) is 12.0. The van der Waals surface area contributed by atoms with Gasteiger partial charge in [-0.25, -0.2) is 9.78 Å². The minimum atomic E-state index is -0.545. The quantitative estimate of drug-likeness (QED) is 0.882. The molecular formula is C14H22N2O3. The summed E-state index contributed by atoms with van der Waals surface area (Å²) in [6.07, 6.45) is -0.553. The Morgan fingerprint density at radius 2 is 2.11 bits per heavy atom. The minimum absolute atomic E-state index is 0.435. The van der Waals surface area contributed by atoms with Crippen molar-refractivity contribution >= 4 is 11.9 Å². The number of nitrogens with one attached hydrogen (secondary N) is 1. The van der Waals surface area contributed by atoms with E-state index >= 15 is 0 Å². The number of carbonyl (C=O) groups excluding carboxylic acids is 1. The number of aliphatic hydroxyl groups is 1. The van der Waals surface area contributed by atoms with E-state index in [-0.39, 0.29) is 0 Å². The number of aliphatic hydroxyl groups excluding tert-OH is 1. The number of aryl methyl sites for hydroxylation is 1. The topological polar surface area (TPSA) is 71.5 Å². The Bertz CT molecular complexity index is 450. The Morgan fingerprint density at radius 3 is 2.63 bits per heavy atom. The molecule has 1 heterocycles. The lowest BCUT2D eigenvalue weighted by atomic mass is 10.1. The molecule has 0 bridgehead atoms. The van der Waals surface area contributed by atoms with Crippen LogP contribution in [0.25, 0.3) is 0 Å². The molecule has 0 radical (unpaired) electrons. The Kier molecular flexibility index (Phi) is 4.89. The number of hydrogen-bond donors (Lipinski definition) is 2. The van der Waals surface area contributed by atoms with E-state index in [1.165, 1.54) is 0 Å². The molecule has 1 aromatic heterocycles. The third kappa shape index (κ3) is 6.20. The number of carbonyl (C=O) groups is 1. The average molecular weight is 266 g/mol. The van der Waals surface area contributed by atoms with Crippen LogP contribution in [0.3, 0.4) is 0 Å². The molecule has 1 aromatic rings. The normalized spacial score (nSPS) is 12.9. The Balaban J connectivity index is 2.78. The van der Waals surface area contributed by atoms with Crippen LogP contribution in [0, 0.1) is 6.92 Å². The highest BCUT2D eigenvalue weighted by Crippen LogP contribution is 2.13. The minimum Gasteiger partial charge on any atom is -0.444 e. The van der Waals surface area contributed by atoms with Gasteiger partial charge in [0.2, 0.25) is 0 Å². The van der Waals surface area contributed by atoms with Gasteiger partial charge in [-0.15, -0.1) is 0 Å². The summed E-state index contributed by atoms with van der Waals surface area (Å²) in [4.78, 5) is 15.9. The number of ether oxygens (including phenoxy) is 1. The molecule has 0 aliphatic heterocycles. The van der Waals surface area contributed by atoms with Crippen molar-refractivity contribution in [2.75, 3.05) is 5.32 Å². The Hall–Kier alpha value is -1.62. The first-order valence-corrected chi connectivity index (χ1v) is 6.31. The molecule has 1 atom stereocenters. The lowest BCUT2D eigenvalue weighted by Gasteiger charge is -2.19. The maximum atomic E-state index is 11.7. The van der Waals surface area contributed by atoms with Crippen LogP contribution in [0.2, 0.25) is 0 Å². The van der Waals surface area contributed by atoms with Gasteiger partial charge in [-0.2, -0.15) is 0 Å². The van der Waals surface area contributed by atoms with Crippen molar-refractivity contribution in [2.45, 2.75) is 52.7 Å². The highest BCUT2D eigenvalue weighted by molar-refractivity contribution is 5.83.